The zero-order valence-corrected chi connectivity index (χ0v) is 9.35. The molecule has 0 saturated carbocycles. The Morgan fingerprint density at radius 1 is 1.07 bits per heavy atom. The van der Waals surface area contributed by atoms with Gasteiger partial charge in [0, 0.05) is 6.42 Å². The summed E-state index contributed by atoms with van der Waals surface area (Å²) < 4.78 is 29.0. The molecule has 5 heteroatoms. The van der Waals surface area contributed by atoms with E-state index in [0.717, 1.165) is 25.7 Å². The van der Waals surface area contributed by atoms with Gasteiger partial charge in [0.1, 0.15) is 0 Å². The van der Waals surface area contributed by atoms with Crippen molar-refractivity contribution in [3.8, 4) is 0 Å². The van der Waals surface area contributed by atoms with E-state index in [2.05, 4.69) is 6.92 Å². The second-order valence-electron chi connectivity index (χ2n) is 3.36. The Balaban J connectivity index is 3.42. The zero-order valence-electron chi connectivity index (χ0n) is 8.53. The number of carbonyl (C=O) groups is 1. The molecular formula is C9H18O4S. The summed E-state index contributed by atoms with van der Waals surface area (Å²) in [5.74, 6) is 0. The Kier molecular flexibility index (Phi) is 6.74. The van der Waals surface area contributed by atoms with Crippen LogP contribution < -0.4 is 0 Å². The Labute approximate surface area is 85.4 Å². The minimum absolute atomic E-state index is 0.0645. The first-order valence-electron chi connectivity index (χ1n) is 4.98. The molecule has 0 aliphatic rings. The van der Waals surface area contributed by atoms with Crippen molar-refractivity contribution in [2.45, 2.75) is 51.9 Å². The highest BCUT2D eigenvalue weighted by Crippen LogP contribution is 2.08. The fourth-order valence-electron chi connectivity index (χ4n) is 1.18. The number of hydrogen-bond donors (Lipinski definition) is 1. The monoisotopic (exact) mass is 222 g/mol. The van der Waals surface area contributed by atoms with Crippen LogP contribution in [-0.2, 0) is 14.9 Å². The van der Waals surface area contributed by atoms with Crippen LogP contribution in [0.4, 0.5) is 0 Å². The van der Waals surface area contributed by atoms with Gasteiger partial charge in [-0.15, -0.1) is 0 Å². The highest BCUT2D eigenvalue weighted by Gasteiger charge is 2.16. The SMILES string of the molecule is CCCCCCCCC(=O)S(=O)(=O)O. The van der Waals surface area contributed by atoms with Crippen LogP contribution in [0.2, 0.25) is 0 Å². The maximum absolute atomic E-state index is 10.7. The third-order valence-electron chi connectivity index (χ3n) is 2.02. The summed E-state index contributed by atoms with van der Waals surface area (Å²) >= 11 is 0. The topological polar surface area (TPSA) is 71.4 Å². The van der Waals surface area contributed by atoms with Gasteiger partial charge in [-0.05, 0) is 6.42 Å². The molecule has 0 aromatic heterocycles. The molecule has 0 aromatic carbocycles. The average molecular weight is 222 g/mol. The highest BCUT2D eigenvalue weighted by molar-refractivity contribution is 8.01. The van der Waals surface area contributed by atoms with Crippen molar-refractivity contribution >= 4 is 15.2 Å². The van der Waals surface area contributed by atoms with E-state index in [1.54, 1.807) is 0 Å². The van der Waals surface area contributed by atoms with Gasteiger partial charge >= 0.3 is 10.1 Å². The molecule has 0 aliphatic heterocycles. The molecule has 0 saturated heterocycles. The van der Waals surface area contributed by atoms with Crippen LogP contribution in [0, 0.1) is 0 Å². The Bertz CT molecular complexity index is 256. The maximum atomic E-state index is 10.7. The molecule has 84 valence electrons. The minimum atomic E-state index is -4.44. The van der Waals surface area contributed by atoms with Crippen LogP contribution in [0.3, 0.4) is 0 Å². The molecule has 14 heavy (non-hydrogen) atoms. The quantitative estimate of drug-likeness (QED) is 0.529. The van der Waals surface area contributed by atoms with Crippen molar-refractivity contribution in [3.63, 3.8) is 0 Å². The smallest absolute Gasteiger partial charge is 0.280 e. The first-order chi connectivity index (χ1) is 6.48. The number of rotatable bonds is 7. The molecule has 4 nitrogen and oxygen atoms in total. The lowest BCUT2D eigenvalue weighted by Gasteiger charge is -1.98. The Hall–Kier alpha value is -0.420. The molecule has 0 bridgehead atoms. The van der Waals surface area contributed by atoms with Crippen molar-refractivity contribution in [1.82, 2.24) is 0 Å². The lowest BCUT2D eigenvalue weighted by molar-refractivity contribution is -0.112. The third kappa shape index (κ3) is 7.03. The predicted molar refractivity (Wildman–Crippen MR) is 54.5 cm³/mol. The molecule has 0 aromatic rings. The summed E-state index contributed by atoms with van der Waals surface area (Å²) in [4.78, 5) is 10.7. The average Bonchev–Trinajstić information content (AvgIpc) is 2.09. The lowest BCUT2D eigenvalue weighted by Crippen LogP contribution is -2.12. The third-order valence-corrected chi connectivity index (χ3v) is 2.80. The highest BCUT2D eigenvalue weighted by atomic mass is 32.2. The fourth-order valence-corrected chi connectivity index (χ4v) is 1.58. The Morgan fingerprint density at radius 2 is 1.57 bits per heavy atom. The van der Waals surface area contributed by atoms with Crippen LogP contribution in [0.15, 0.2) is 0 Å². The van der Waals surface area contributed by atoms with Crippen molar-refractivity contribution < 1.29 is 17.8 Å². The van der Waals surface area contributed by atoms with Crippen molar-refractivity contribution in [1.29, 1.82) is 0 Å². The van der Waals surface area contributed by atoms with E-state index in [4.69, 9.17) is 4.55 Å². The standard InChI is InChI=1S/C9H18O4S/c1-2-3-4-5-6-7-8-9(10)14(11,12)13/h2-8H2,1H3,(H,11,12,13). The van der Waals surface area contributed by atoms with E-state index >= 15 is 0 Å². The molecule has 0 amide bonds. The number of unbranched alkanes of at least 4 members (excludes halogenated alkanes) is 5. The molecule has 1 N–H and O–H groups in total. The summed E-state index contributed by atoms with van der Waals surface area (Å²) in [7, 11) is -4.44. The predicted octanol–water partition coefficient (Wildman–Crippen LogP) is 2.15. The molecule has 0 spiro atoms. The van der Waals surface area contributed by atoms with Crippen LogP contribution in [0.5, 0.6) is 0 Å². The van der Waals surface area contributed by atoms with Gasteiger partial charge in [0.25, 0.3) is 5.12 Å². The van der Waals surface area contributed by atoms with Gasteiger partial charge in [0.05, 0.1) is 0 Å². The lowest BCUT2D eigenvalue weighted by atomic mass is 10.1. The van der Waals surface area contributed by atoms with Gasteiger partial charge in [-0.1, -0.05) is 39.0 Å². The zero-order chi connectivity index (χ0) is 11.0. The van der Waals surface area contributed by atoms with Gasteiger partial charge < -0.3 is 0 Å². The van der Waals surface area contributed by atoms with Crippen LogP contribution in [0.25, 0.3) is 0 Å². The number of hydrogen-bond acceptors (Lipinski definition) is 3. The molecule has 0 radical (unpaired) electrons. The summed E-state index contributed by atoms with van der Waals surface area (Å²) in [6, 6.07) is 0. The van der Waals surface area contributed by atoms with Crippen molar-refractivity contribution in [3.05, 3.63) is 0 Å². The van der Waals surface area contributed by atoms with Crippen LogP contribution in [0.1, 0.15) is 51.9 Å². The molecular weight excluding hydrogens is 204 g/mol. The molecule has 0 rings (SSSR count). The normalized spacial score (nSPS) is 11.6. The van der Waals surface area contributed by atoms with Crippen molar-refractivity contribution in [2.75, 3.05) is 0 Å². The van der Waals surface area contributed by atoms with Gasteiger partial charge in [0.2, 0.25) is 0 Å². The molecule has 0 heterocycles. The summed E-state index contributed by atoms with van der Waals surface area (Å²) in [5.41, 5.74) is 0. The van der Waals surface area contributed by atoms with Crippen molar-refractivity contribution in [2.24, 2.45) is 0 Å². The van der Waals surface area contributed by atoms with Crippen LogP contribution in [-0.4, -0.2) is 18.1 Å². The van der Waals surface area contributed by atoms with Gasteiger partial charge in [-0.2, -0.15) is 8.42 Å². The van der Waals surface area contributed by atoms with Gasteiger partial charge in [0.15, 0.2) is 0 Å². The largest absolute Gasteiger partial charge is 0.328 e. The summed E-state index contributed by atoms with van der Waals surface area (Å²) in [6.07, 6.45) is 5.80. The van der Waals surface area contributed by atoms with Gasteiger partial charge in [-0.25, -0.2) is 0 Å². The van der Waals surface area contributed by atoms with E-state index in [1.165, 1.54) is 6.42 Å². The maximum Gasteiger partial charge on any atom is 0.328 e. The fraction of sp³-hybridized carbons (Fsp3) is 0.889. The first-order valence-corrected chi connectivity index (χ1v) is 6.42. The summed E-state index contributed by atoms with van der Waals surface area (Å²) in [6.45, 7) is 2.11. The molecule has 0 aliphatic carbocycles. The molecule has 0 atom stereocenters. The first kappa shape index (κ1) is 13.6. The Morgan fingerprint density at radius 3 is 2.07 bits per heavy atom. The van der Waals surface area contributed by atoms with E-state index in [1.807, 2.05) is 0 Å². The van der Waals surface area contributed by atoms with E-state index in [0.29, 0.717) is 6.42 Å². The number of carbonyl (C=O) groups excluding carboxylic acids is 1. The van der Waals surface area contributed by atoms with E-state index in [-0.39, 0.29) is 6.42 Å². The molecule has 0 unspecified atom stereocenters. The second kappa shape index (κ2) is 6.95. The minimum Gasteiger partial charge on any atom is -0.280 e. The van der Waals surface area contributed by atoms with E-state index in [9.17, 15) is 13.2 Å². The molecule has 0 fully saturated rings. The van der Waals surface area contributed by atoms with E-state index < -0.39 is 15.2 Å². The van der Waals surface area contributed by atoms with Gasteiger partial charge in [-0.3, -0.25) is 9.35 Å². The van der Waals surface area contributed by atoms with Crippen LogP contribution >= 0.6 is 0 Å². The second-order valence-corrected chi connectivity index (χ2v) is 4.77. The summed E-state index contributed by atoms with van der Waals surface area (Å²) in [5, 5.41) is -1.06.